The van der Waals surface area contributed by atoms with Gasteiger partial charge in [0.1, 0.15) is 0 Å². The predicted octanol–water partition coefficient (Wildman–Crippen LogP) is 3.19. The van der Waals surface area contributed by atoms with Gasteiger partial charge in [-0.25, -0.2) is 4.39 Å². The van der Waals surface area contributed by atoms with E-state index in [0.29, 0.717) is 11.4 Å². The van der Waals surface area contributed by atoms with Crippen molar-refractivity contribution in [3.63, 3.8) is 0 Å². The van der Waals surface area contributed by atoms with E-state index in [4.69, 9.17) is 4.74 Å². The molecule has 2 amide bonds. The second-order valence-corrected chi connectivity index (χ2v) is 4.84. The maximum atomic E-state index is 13.3. The minimum Gasteiger partial charge on any atom is -0.490 e. The number of carbonyl (C=O) groups excluding carboxylic acids is 2. The van der Waals surface area contributed by atoms with Crippen LogP contribution in [-0.2, 0) is 9.59 Å². The van der Waals surface area contributed by atoms with Crippen LogP contribution in [0.15, 0.2) is 48.5 Å². The summed E-state index contributed by atoms with van der Waals surface area (Å²) in [6.45, 7) is 1.48. The van der Waals surface area contributed by atoms with Gasteiger partial charge in [-0.3, -0.25) is 9.59 Å². The van der Waals surface area contributed by atoms with Crippen LogP contribution in [0.2, 0.25) is 0 Å². The van der Waals surface area contributed by atoms with Crippen molar-refractivity contribution in [1.82, 2.24) is 0 Å². The average molecular weight is 316 g/mol. The lowest BCUT2D eigenvalue weighted by atomic mass is 10.2. The van der Waals surface area contributed by atoms with Gasteiger partial charge in [0.05, 0.1) is 13.0 Å². The fraction of sp³-hybridized carbons (Fsp3) is 0.176. The number of rotatable bonds is 6. The lowest BCUT2D eigenvalue weighted by Crippen LogP contribution is -2.15. The molecule has 0 radical (unpaired) electrons. The largest absolute Gasteiger partial charge is 0.490 e. The van der Waals surface area contributed by atoms with Crippen LogP contribution in [0.4, 0.5) is 15.8 Å². The fourth-order valence-corrected chi connectivity index (χ4v) is 1.92. The molecule has 0 spiro atoms. The van der Waals surface area contributed by atoms with Crippen molar-refractivity contribution in [2.75, 3.05) is 17.2 Å². The van der Waals surface area contributed by atoms with Gasteiger partial charge in [0.25, 0.3) is 0 Å². The van der Waals surface area contributed by atoms with Gasteiger partial charge in [-0.15, -0.1) is 0 Å². The van der Waals surface area contributed by atoms with E-state index < -0.39 is 5.82 Å². The molecular formula is C17H17FN2O3. The molecule has 5 nitrogen and oxygen atoms in total. The van der Waals surface area contributed by atoms with Gasteiger partial charge >= 0.3 is 0 Å². The Labute approximate surface area is 133 Å². The first-order valence-corrected chi connectivity index (χ1v) is 7.09. The number of hydrogen-bond acceptors (Lipinski definition) is 3. The Morgan fingerprint density at radius 2 is 1.74 bits per heavy atom. The van der Waals surface area contributed by atoms with E-state index >= 15 is 0 Å². The second-order valence-electron chi connectivity index (χ2n) is 4.84. The number of ether oxygens (including phenoxy) is 1. The first-order valence-electron chi connectivity index (χ1n) is 7.09. The molecule has 0 aliphatic carbocycles. The van der Waals surface area contributed by atoms with E-state index in [1.165, 1.54) is 19.1 Å². The molecule has 0 heterocycles. The number of para-hydroxylation sites is 1. The van der Waals surface area contributed by atoms with Gasteiger partial charge in [-0.1, -0.05) is 18.2 Å². The summed E-state index contributed by atoms with van der Waals surface area (Å²) in [5.41, 5.74) is 1.16. The highest BCUT2D eigenvalue weighted by molar-refractivity contribution is 5.93. The summed E-state index contributed by atoms with van der Waals surface area (Å²) in [6.07, 6.45) is 0.0820. The molecule has 23 heavy (non-hydrogen) atoms. The average Bonchev–Trinajstić information content (AvgIpc) is 2.49. The van der Waals surface area contributed by atoms with Gasteiger partial charge in [-0.2, -0.15) is 0 Å². The van der Waals surface area contributed by atoms with Crippen LogP contribution < -0.4 is 15.4 Å². The highest BCUT2D eigenvalue weighted by Crippen LogP contribution is 2.17. The molecule has 0 bridgehead atoms. The molecule has 0 unspecified atom stereocenters. The Morgan fingerprint density at radius 1 is 1.04 bits per heavy atom. The molecule has 0 aromatic heterocycles. The number of halogens is 1. The van der Waals surface area contributed by atoms with Crippen molar-refractivity contribution < 1.29 is 18.7 Å². The van der Waals surface area contributed by atoms with Crippen molar-refractivity contribution in [3.8, 4) is 5.75 Å². The molecule has 0 aliphatic heterocycles. The molecule has 2 aromatic carbocycles. The molecule has 2 aromatic rings. The molecule has 0 saturated heterocycles. The summed E-state index contributed by atoms with van der Waals surface area (Å²) >= 11 is 0. The summed E-state index contributed by atoms with van der Waals surface area (Å²) in [5.74, 6) is -0.794. The summed E-state index contributed by atoms with van der Waals surface area (Å²) in [6, 6.07) is 12.8. The molecule has 0 atom stereocenters. The highest BCUT2D eigenvalue weighted by Gasteiger charge is 2.06. The summed E-state index contributed by atoms with van der Waals surface area (Å²) in [7, 11) is 0. The molecule has 2 rings (SSSR count). The quantitative estimate of drug-likeness (QED) is 0.860. The topological polar surface area (TPSA) is 67.4 Å². The summed E-state index contributed by atoms with van der Waals surface area (Å²) in [5, 5.41) is 5.33. The highest BCUT2D eigenvalue weighted by atomic mass is 19.1. The molecule has 120 valence electrons. The monoisotopic (exact) mass is 316 g/mol. The number of nitrogens with one attached hydrogen (secondary N) is 2. The first kappa shape index (κ1) is 16.5. The third kappa shape index (κ3) is 5.43. The van der Waals surface area contributed by atoms with E-state index in [2.05, 4.69) is 10.6 Å². The Hall–Kier alpha value is -2.89. The molecular weight excluding hydrogens is 299 g/mol. The number of anilines is 2. The van der Waals surface area contributed by atoms with Gasteiger partial charge < -0.3 is 15.4 Å². The van der Waals surface area contributed by atoms with Gasteiger partial charge in [0, 0.05) is 18.3 Å². The van der Waals surface area contributed by atoms with E-state index in [1.807, 2.05) is 0 Å². The van der Waals surface area contributed by atoms with Crippen LogP contribution in [-0.4, -0.2) is 18.4 Å². The number of benzene rings is 2. The maximum absolute atomic E-state index is 13.3. The van der Waals surface area contributed by atoms with Crippen molar-refractivity contribution in [2.45, 2.75) is 13.3 Å². The molecule has 6 heteroatoms. The zero-order valence-electron chi connectivity index (χ0n) is 12.6. The van der Waals surface area contributed by atoms with E-state index in [0.717, 1.165) is 0 Å². The fourth-order valence-electron chi connectivity index (χ4n) is 1.92. The minimum absolute atomic E-state index is 0.0676. The molecule has 0 aliphatic rings. The van der Waals surface area contributed by atoms with Crippen molar-refractivity contribution in [2.24, 2.45) is 0 Å². The zero-order valence-corrected chi connectivity index (χ0v) is 12.6. The SMILES string of the molecule is CC(=O)Nc1cccc(NC(=O)CCOc2ccccc2F)c1. The maximum Gasteiger partial charge on any atom is 0.227 e. The van der Waals surface area contributed by atoms with Gasteiger partial charge in [-0.05, 0) is 30.3 Å². The Kier molecular flexibility index (Phi) is 5.68. The predicted molar refractivity (Wildman–Crippen MR) is 85.9 cm³/mol. The molecule has 0 saturated carbocycles. The van der Waals surface area contributed by atoms with Gasteiger partial charge in [0.2, 0.25) is 11.8 Å². The third-order valence-electron chi connectivity index (χ3n) is 2.89. The Balaban J connectivity index is 1.83. The van der Waals surface area contributed by atoms with Gasteiger partial charge in [0.15, 0.2) is 11.6 Å². The normalized spacial score (nSPS) is 10.0. The smallest absolute Gasteiger partial charge is 0.227 e. The van der Waals surface area contributed by atoms with E-state index in [9.17, 15) is 14.0 Å². The van der Waals surface area contributed by atoms with Crippen LogP contribution in [0.25, 0.3) is 0 Å². The standard InChI is InChI=1S/C17H17FN2O3/c1-12(21)19-13-5-4-6-14(11-13)20-17(22)9-10-23-16-8-3-2-7-15(16)18/h2-8,11H,9-10H2,1H3,(H,19,21)(H,20,22). The first-order chi connectivity index (χ1) is 11.0. The minimum atomic E-state index is -0.462. The van der Waals surface area contributed by atoms with E-state index in [-0.39, 0.29) is 30.6 Å². The van der Waals surface area contributed by atoms with Crippen LogP contribution in [0, 0.1) is 5.82 Å². The van der Waals surface area contributed by atoms with Crippen LogP contribution in [0.5, 0.6) is 5.75 Å². The van der Waals surface area contributed by atoms with Crippen molar-refractivity contribution in [1.29, 1.82) is 0 Å². The van der Waals surface area contributed by atoms with Crippen LogP contribution >= 0.6 is 0 Å². The summed E-state index contributed by atoms with van der Waals surface area (Å²) < 4.78 is 18.6. The van der Waals surface area contributed by atoms with Crippen molar-refractivity contribution in [3.05, 3.63) is 54.3 Å². The number of hydrogen-bond donors (Lipinski definition) is 2. The number of carbonyl (C=O) groups is 2. The molecule has 2 N–H and O–H groups in total. The lowest BCUT2D eigenvalue weighted by molar-refractivity contribution is -0.116. The Bertz CT molecular complexity index is 704. The third-order valence-corrected chi connectivity index (χ3v) is 2.89. The van der Waals surface area contributed by atoms with Crippen molar-refractivity contribution >= 4 is 23.2 Å². The number of amides is 2. The zero-order chi connectivity index (χ0) is 16.7. The van der Waals surface area contributed by atoms with Crippen LogP contribution in [0.3, 0.4) is 0 Å². The lowest BCUT2D eigenvalue weighted by Gasteiger charge is -2.09. The summed E-state index contributed by atoms with van der Waals surface area (Å²) in [4.78, 5) is 22.9. The van der Waals surface area contributed by atoms with E-state index in [1.54, 1.807) is 36.4 Å². The second kappa shape index (κ2) is 7.93. The van der Waals surface area contributed by atoms with Crippen LogP contribution in [0.1, 0.15) is 13.3 Å². The Morgan fingerprint density at radius 3 is 2.43 bits per heavy atom. The molecule has 0 fully saturated rings.